The number of aromatic nitrogens is 2. The van der Waals surface area contributed by atoms with Gasteiger partial charge < -0.3 is 16.0 Å². The van der Waals surface area contributed by atoms with Gasteiger partial charge in [0.15, 0.2) is 0 Å². The van der Waals surface area contributed by atoms with Gasteiger partial charge in [0.05, 0.1) is 6.20 Å². The van der Waals surface area contributed by atoms with E-state index in [0.29, 0.717) is 24.0 Å². The van der Waals surface area contributed by atoms with E-state index in [1.807, 2.05) is 0 Å². The fourth-order valence-corrected chi connectivity index (χ4v) is 1.36. The number of nitrogen functional groups attached to an aromatic ring is 1. The number of carbonyl (C=O) groups is 1. The molecule has 17 heavy (non-hydrogen) atoms. The minimum atomic E-state index is -0.177. The van der Waals surface area contributed by atoms with Crippen LogP contribution in [0.1, 0.15) is 30.6 Å². The SMILES string of the molecule is CC(C)N(C)CCCNC(=O)c1cn[nH]c1N. The van der Waals surface area contributed by atoms with E-state index >= 15 is 0 Å². The Labute approximate surface area is 102 Å². The molecule has 6 nitrogen and oxygen atoms in total. The molecular formula is C11H21N5O. The van der Waals surface area contributed by atoms with Gasteiger partial charge in [-0.2, -0.15) is 5.10 Å². The standard InChI is InChI=1S/C11H21N5O/c1-8(2)16(3)6-4-5-13-11(17)9-7-14-15-10(9)12/h7-8H,4-6H2,1-3H3,(H,13,17)(H3,12,14,15). The highest BCUT2D eigenvalue weighted by atomic mass is 16.1. The van der Waals surface area contributed by atoms with Crippen LogP contribution in [0.4, 0.5) is 5.82 Å². The number of hydrogen-bond acceptors (Lipinski definition) is 4. The maximum atomic E-state index is 11.6. The van der Waals surface area contributed by atoms with Gasteiger partial charge in [-0.25, -0.2) is 0 Å². The Morgan fingerprint density at radius 3 is 2.88 bits per heavy atom. The number of aromatic amines is 1. The highest BCUT2D eigenvalue weighted by molar-refractivity contribution is 5.97. The second-order valence-electron chi connectivity index (χ2n) is 4.38. The Kier molecular flexibility index (Phi) is 4.96. The third-order valence-electron chi connectivity index (χ3n) is 2.77. The molecule has 0 aliphatic heterocycles. The monoisotopic (exact) mass is 239 g/mol. The number of rotatable bonds is 6. The zero-order valence-corrected chi connectivity index (χ0v) is 10.7. The average molecular weight is 239 g/mol. The smallest absolute Gasteiger partial charge is 0.256 e. The van der Waals surface area contributed by atoms with Crippen LogP contribution in [0.15, 0.2) is 6.20 Å². The Balaban J connectivity index is 2.24. The third-order valence-corrected chi connectivity index (χ3v) is 2.77. The fraction of sp³-hybridized carbons (Fsp3) is 0.636. The maximum Gasteiger partial charge on any atom is 0.256 e. The van der Waals surface area contributed by atoms with E-state index in [9.17, 15) is 4.79 Å². The molecular weight excluding hydrogens is 218 g/mol. The first-order chi connectivity index (χ1) is 8.02. The summed E-state index contributed by atoms with van der Waals surface area (Å²) in [5, 5.41) is 9.05. The summed E-state index contributed by atoms with van der Waals surface area (Å²) in [6.45, 7) is 5.88. The molecule has 0 saturated carbocycles. The van der Waals surface area contributed by atoms with Crippen LogP contribution >= 0.6 is 0 Å². The summed E-state index contributed by atoms with van der Waals surface area (Å²) >= 11 is 0. The quantitative estimate of drug-likeness (QED) is 0.629. The van der Waals surface area contributed by atoms with Gasteiger partial charge in [0.1, 0.15) is 11.4 Å². The number of amides is 1. The molecule has 96 valence electrons. The topological polar surface area (TPSA) is 87.0 Å². The first-order valence-corrected chi connectivity index (χ1v) is 5.79. The normalized spacial score (nSPS) is 11.1. The van der Waals surface area contributed by atoms with Gasteiger partial charge in [-0.15, -0.1) is 0 Å². The van der Waals surface area contributed by atoms with Gasteiger partial charge in [-0.3, -0.25) is 9.89 Å². The molecule has 0 spiro atoms. The van der Waals surface area contributed by atoms with Crippen molar-refractivity contribution in [2.24, 2.45) is 0 Å². The van der Waals surface area contributed by atoms with E-state index in [-0.39, 0.29) is 5.91 Å². The van der Waals surface area contributed by atoms with Crippen LogP contribution in [0.2, 0.25) is 0 Å². The summed E-state index contributed by atoms with van der Waals surface area (Å²) in [6.07, 6.45) is 2.35. The van der Waals surface area contributed by atoms with Gasteiger partial charge in [-0.05, 0) is 33.9 Å². The van der Waals surface area contributed by atoms with Gasteiger partial charge in [0, 0.05) is 12.6 Å². The number of nitrogens with zero attached hydrogens (tertiary/aromatic N) is 2. The highest BCUT2D eigenvalue weighted by Gasteiger charge is 2.10. The Hall–Kier alpha value is -1.56. The summed E-state index contributed by atoms with van der Waals surface area (Å²) in [6, 6.07) is 0.523. The van der Waals surface area contributed by atoms with Crippen molar-refractivity contribution in [3.8, 4) is 0 Å². The fourth-order valence-electron chi connectivity index (χ4n) is 1.36. The second-order valence-corrected chi connectivity index (χ2v) is 4.38. The van der Waals surface area contributed by atoms with Gasteiger partial charge >= 0.3 is 0 Å². The van der Waals surface area contributed by atoms with E-state index in [1.165, 1.54) is 6.20 Å². The first kappa shape index (κ1) is 13.5. The molecule has 0 aromatic carbocycles. The van der Waals surface area contributed by atoms with Crippen LogP contribution in [0, 0.1) is 0 Å². The second kappa shape index (κ2) is 6.24. The molecule has 1 heterocycles. The Bertz CT molecular complexity index is 360. The molecule has 1 amide bonds. The van der Waals surface area contributed by atoms with Crippen molar-refractivity contribution in [3.05, 3.63) is 11.8 Å². The van der Waals surface area contributed by atoms with Gasteiger partial charge in [0.2, 0.25) is 0 Å². The molecule has 1 aromatic rings. The minimum absolute atomic E-state index is 0.177. The lowest BCUT2D eigenvalue weighted by Gasteiger charge is -2.20. The van der Waals surface area contributed by atoms with E-state index < -0.39 is 0 Å². The van der Waals surface area contributed by atoms with Crippen molar-refractivity contribution in [2.75, 3.05) is 25.9 Å². The molecule has 0 bridgehead atoms. The summed E-state index contributed by atoms with van der Waals surface area (Å²) in [7, 11) is 2.07. The lowest BCUT2D eigenvalue weighted by Crippen LogP contribution is -2.31. The van der Waals surface area contributed by atoms with Crippen LogP contribution in [0.25, 0.3) is 0 Å². The van der Waals surface area contributed by atoms with Crippen molar-refractivity contribution in [3.63, 3.8) is 0 Å². The predicted octanol–water partition coefficient (Wildman–Crippen LogP) is 0.452. The Morgan fingerprint density at radius 2 is 2.35 bits per heavy atom. The molecule has 0 fully saturated rings. The molecule has 1 aromatic heterocycles. The molecule has 0 atom stereocenters. The molecule has 0 aliphatic rings. The van der Waals surface area contributed by atoms with E-state index in [0.717, 1.165) is 13.0 Å². The molecule has 0 aliphatic carbocycles. The predicted molar refractivity (Wildman–Crippen MR) is 67.7 cm³/mol. The van der Waals surface area contributed by atoms with Gasteiger partial charge in [-0.1, -0.05) is 0 Å². The van der Waals surface area contributed by atoms with Crippen LogP contribution in [-0.4, -0.2) is 47.2 Å². The maximum absolute atomic E-state index is 11.6. The van der Waals surface area contributed by atoms with Crippen LogP contribution < -0.4 is 11.1 Å². The summed E-state index contributed by atoms with van der Waals surface area (Å²) < 4.78 is 0. The molecule has 0 saturated heterocycles. The molecule has 1 rings (SSSR count). The number of H-pyrrole nitrogens is 1. The number of carbonyl (C=O) groups excluding carboxylic acids is 1. The van der Waals surface area contributed by atoms with Crippen LogP contribution in [0.5, 0.6) is 0 Å². The summed E-state index contributed by atoms with van der Waals surface area (Å²) in [5.74, 6) is 0.130. The number of nitrogens with one attached hydrogen (secondary N) is 2. The first-order valence-electron chi connectivity index (χ1n) is 5.79. The molecule has 4 N–H and O–H groups in total. The van der Waals surface area contributed by atoms with E-state index in [2.05, 4.69) is 41.3 Å². The van der Waals surface area contributed by atoms with Crippen molar-refractivity contribution in [1.29, 1.82) is 0 Å². The summed E-state index contributed by atoms with van der Waals surface area (Å²) in [5.41, 5.74) is 5.95. The lowest BCUT2D eigenvalue weighted by atomic mass is 10.3. The molecule has 0 unspecified atom stereocenters. The van der Waals surface area contributed by atoms with Crippen molar-refractivity contribution < 1.29 is 4.79 Å². The van der Waals surface area contributed by atoms with E-state index in [1.54, 1.807) is 0 Å². The average Bonchev–Trinajstić information content (AvgIpc) is 2.70. The molecule has 0 radical (unpaired) electrons. The number of hydrogen-bond donors (Lipinski definition) is 3. The highest BCUT2D eigenvalue weighted by Crippen LogP contribution is 2.04. The largest absolute Gasteiger partial charge is 0.383 e. The summed E-state index contributed by atoms with van der Waals surface area (Å²) in [4.78, 5) is 13.9. The Morgan fingerprint density at radius 1 is 1.65 bits per heavy atom. The number of anilines is 1. The van der Waals surface area contributed by atoms with Gasteiger partial charge in [0.25, 0.3) is 5.91 Å². The third kappa shape index (κ3) is 4.07. The zero-order chi connectivity index (χ0) is 12.8. The van der Waals surface area contributed by atoms with E-state index in [4.69, 9.17) is 5.73 Å². The number of nitrogens with two attached hydrogens (primary N) is 1. The van der Waals surface area contributed by atoms with Crippen molar-refractivity contribution in [2.45, 2.75) is 26.3 Å². The van der Waals surface area contributed by atoms with Crippen molar-refractivity contribution in [1.82, 2.24) is 20.4 Å². The minimum Gasteiger partial charge on any atom is -0.383 e. The zero-order valence-electron chi connectivity index (χ0n) is 10.7. The van der Waals surface area contributed by atoms with Crippen LogP contribution in [-0.2, 0) is 0 Å². The van der Waals surface area contributed by atoms with Crippen LogP contribution in [0.3, 0.4) is 0 Å². The lowest BCUT2D eigenvalue weighted by molar-refractivity contribution is 0.0952. The molecule has 6 heteroatoms. The van der Waals surface area contributed by atoms with Crippen molar-refractivity contribution >= 4 is 11.7 Å².